The first-order valence-corrected chi connectivity index (χ1v) is 10.7. The Balaban J connectivity index is 1.98. The second-order valence-corrected chi connectivity index (χ2v) is 7.89. The molecule has 1 heterocycles. The van der Waals surface area contributed by atoms with Crippen molar-refractivity contribution in [1.82, 2.24) is 15.1 Å². The van der Waals surface area contributed by atoms with Gasteiger partial charge in [0.25, 0.3) is 0 Å². The van der Waals surface area contributed by atoms with Gasteiger partial charge < -0.3 is 20.4 Å². The van der Waals surface area contributed by atoms with E-state index < -0.39 is 0 Å². The topological polar surface area (TPSA) is 47.6 Å². The number of rotatable bonds is 10. The molecule has 1 saturated heterocycles. The van der Waals surface area contributed by atoms with Crippen LogP contribution in [0.2, 0.25) is 0 Å². The third-order valence-corrected chi connectivity index (χ3v) is 5.62. The van der Waals surface area contributed by atoms with Gasteiger partial charge in [-0.05, 0) is 50.8 Å². The normalized spacial score (nSPS) is 16.5. The van der Waals surface area contributed by atoms with Gasteiger partial charge in [-0.3, -0.25) is 0 Å². The maximum Gasteiger partial charge on any atom is 0.322 e. The van der Waals surface area contributed by atoms with E-state index in [0.29, 0.717) is 18.6 Å². The summed E-state index contributed by atoms with van der Waals surface area (Å²) in [5.74, 6) is 0. The third-order valence-electron chi connectivity index (χ3n) is 5.62. The van der Waals surface area contributed by atoms with E-state index in [1.165, 1.54) is 12.8 Å². The number of benzene rings is 1. The number of hydrogen-bond acceptors (Lipinski definition) is 3. The first-order valence-electron chi connectivity index (χ1n) is 10.7. The summed E-state index contributed by atoms with van der Waals surface area (Å²) in [6.07, 6.45) is 6.40. The minimum atomic E-state index is 0.00561. The molecule has 0 spiro atoms. The van der Waals surface area contributed by atoms with Crippen molar-refractivity contribution in [3.63, 3.8) is 0 Å². The number of urea groups is 1. The zero-order valence-corrected chi connectivity index (χ0v) is 17.9. The highest BCUT2D eigenvalue weighted by Crippen LogP contribution is 2.21. The molecule has 1 aliphatic heterocycles. The van der Waals surface area contributed by atoms with Crippen molar-refractivity contribution in [1.29, 1.82) is 0 Å². The molecule has 156 valence electrons. The standard InChI is InChI=1S/C23H38N4O/c1-5-8-20(4)26-15-11-22(12-16-26)27(17-14-24-13-6-2)23(28)25-21-10-7-9-19(3)18-21/h6-7,9-10,18,20,22,24H,2,5,8,11-17H2,1,3-4H3,(H,25,28). The number of likely N-dealkylation sites (tertiary alicyclic amines) is 1. The summed E-state index contributed by atoms with van der Waals surface area (Å²) in [6.45, 7) is 14.7. The van der Waals surface area contributed by atoms with Crippen LogP contribution in [0.1, 0.15) is 45.1 Å². The SMILES string of the molecule is C=CCNCCN(C(=O)Nc1cccc(C)c1)C1CCN(C(C)CCC)CC1. The molecule has 0 saturated carbocycles. The van der Waals surface area contributed by atoms with E-state index in [9.17, 15) is 4.79 Å². The van der Waals surface area contributed by atoms with Gasteiger partial charge in [0.15, 0.2) is 0 Å². The van der Waals surface area contributed by atoms with Crippen molar-refractivity contribution < 1.29 is 4.79 Å². The summed E-state index contributed by atoms with van der Waals surface area (Å²) in [4.78, 5) is 17.7. The van der Waals surface area contributed by atoms with Gasteiger partial charge in [-0.15, -0.1) is 6.58 Å². The molecule has 28 heavy (non-hydrogen) atoms. The lowest BCUT2D eigenvalue weighted by Gasteiger charge is -2.40. The van der Waals surface area contributed by atoms with Gasteiger partial charge in [0.05, 0.1) is 0 Å². The molecule has 2 rings (SSSR count). The average molecular weight is 387 g/mol. The number of carbonyl (C=O) groups excluding carboxylic acids is 1. The lowest BCUT2D eigenvalue weighted by Crippen LogP contribution is -2.52. The Hall–Kier alpha value is -1.85. The van der Waals surface area contributed by atoms with Crippen molar-refractivity contribution in [2.24, 2.45) is 0 Å². The number of nitrogens with zero attached hydrogens (tertiary/aromatic N) is 2. The molecule has 0 aromatic heterocycles. The van der Waals surface area contributed by atoms with Gasteiger partial charge >= 0.3 is 6.03 Å². The van der Waals surface area contributed by atoms with Gasteiger partial charge in [0, 0.05) is 50.5 Å². The maximum atomic E-state index is 13.1. The van der Waals surface area contributed by atoms with Crippen LogP contribution in [0.15, 0.2) is 36.9 Å². The molecule has 1 atom stereocenters. The number of piperidine rings is 1. The Bertz CT molecular complexity index is 610. The molecule has 1 aromatic rings. The molecule has 5 nitrogen and oxygen atoms in total. The molecule has 1 fully saturated rings. The number of nitrogens with one attached hydrogen (secondary N) is 2. The minimum Gasteiger partial charge on any atom is -0.320 e. The predicted octanol–water partition coefficient (Wildman–Crippen LogP) is 4.26. The number of aryl methyl sites for hydroxylation is 1. The first-order chi connectivity index (χ1) is 13.5. The molecule has 1 aliphatic rings. The Labute approximate surface area is 171 Å². The third kappa shape index (κ3) is 6.95. The Morgan fingerprint density at radius 3 is 2.79 bits per heavy atom. The summed E-state index contributed by atoms with van der Waals surface area (Å²) in [5, 5.41) is 6.43. The van der Waals surface area contributed by atoms with Crippen molar-refractivity contribution >= 4 is 11.7 Å². The lowest BCUT2D eigenvalue weighted by atomic mass is 10.0. The van der Waals surface area contributed by atoms with E-state index in [0.717, 1.165) is 50.3 Å². The van der Waals surface area contributed by atoms with Gasteiger partial charge in [0.2, 0.25) is 0 Å². The number of hydrogen-bond donors (Lipinski definition) is 2. The zero-order valence-electron chi connectivity index (χ0n) is 17.9. The summed E-state index contributed by atoms with van der Waals surface area (Å²) in [7, 11) is 0. The van der Waals surface area contributed by atoms with E-state index in [1.54, 1.807) is 0 Å². The fraction of sp³-hybridized carbons (Fsp3) is 0.609. The quantitative estimate of drug-likeness (QED) is 0.467. The fourth-order valence-corrected chi connectivity index (χ4v) is 4.01. The monoisotopic (exact) mass is 386 g/mol. The van der Waals surface area contributed by atoms with Gasteiger partial charge in [0.1, 0.15) is 0 Å². The highest BCUT2D eigenvalue weighted by molar-refractivity contribution is 5.89. The molecule has 0 radical (unpaired) electrons. The van der Waals surface area contributed by atoms with Crippen LogP contribution in [-0.4, -0.2) is 60.6 Å². The number of anilines is 1. The molecule has 0 bridgehead atoms. The smallest absolute Gasteiger partial charge is 0.320 e. The van der Waals surface area contributed by atoms with Crippen LogP contribution in [0.5, 0.6) is 0 Å². The van der Waals surface area contributed by atoms with Crippen LogP contribution in [0, 0.1) is 6.92 Å². The van der Waals surface area contributed by atoms with Crippen molar-refractivity contribution in [2.75, 3.05) is 38.0 Å². The zero-order chi connectivity index (χ0) is 20.4. The summed E-state index contributed by atoms with van der Waals surface area (Å²) >= 11 is 0. The van der Waals surface area contributed by atoms with Gasteiger partial charge in [-0.2, -0.15) is 0 Å². The number of carbonyl (C=O) groups is 1. The van der Waals surface area contributed by atoms with Gasteiger partial charge in [-0.25, -0.2) is 4.79 Å². The Morgan fingerprint density at radius 2 is 2.14 bits per heavy atom. The van der Waals surface area contributed by atoms with E-state index in [4.69, 9.17) is 0 Å². The van der Waals surface area contributed by atoms with Crippen LogP contribution < -0.4 is 10.6 Å². The molecule has 0 aliphatic carbocycles. The first kappa shape index (κ1) is 22.4. The highest BCUT2D eigenvalue weighted by Gasteiger charge is 2.29. The van der Waals surface area contributed by atoms with Crippen molar-refractivity contribution in [2.45, 2.75) is 58.5 Å². The van der Waals surface area contributed by atoms with Crippen LogP contribution >= 0.6 is 0 Å². The van der Waals surface area contributed by atoms with Crippen molar-refractivity contribution in [3.05, 3.63) is 42.5 Å². The largest absolute Gasteiger partial charge is 0.322 e. The van der Waals surface area contributed by atoms with Crippen LogP contribution in [0.4, 0.5) is 10.5 Å². The minimum absolute atomic E-state index is 0.00561. The molecule has 2 amide bonds. The van der Waals surface area contributed by atoms with E-state index >= 15 is 0 Å². The summed E-state index contributed by atoms with van der Waals surface area (Å²) in [5.41, 5.74) is 2.01. The van der Waals surface area contributed by atoms with Crippen LogP contribution in [0.3, 0.4) is 0 Å². The van der Waals surface area contributed by atoms with Crippen LogP contribution in [0.25, 0.3) is 0 Å². The number of amides is 2. The fourth-order valence-electron chi connectivity index (χ4n) is 4.01. The maximum absolute atomic E-state index is 13.1. The molecule has 1 unspecified atom stereocenters. The van der Waals surface area contributed by atoms with Crippen molar-refractivity contribution in [3.8, 4) is 0 Å². The second kappa shape index (κ2) is 11.9. The second-order valence-electron chi connectivity index (χ2n) is 7.89. The van der Waals surface area contributed by atoms with E-state index in [1.807, 2.05) is 42.2 Å². The van der Waals surface area contributed by atoms with E-state index in [2.05, 4.69) is 36.0 Å². The van der Waals surface area contributed by atoms with E-state index in [-0.39, 0.29) is 6.03 Å². The Morgan fingerprint density at radius 1 is 1.39 bits per heavy atom. The molecular formula is C23H38N4O. The molecule has 2 N–H and O–H groups in total. The molecule has 5 heteroatoms. The summed E-state index contributed by atoms with van der Waals surface area (Å²) in [6, 6.07) is 8.92. The molecule has 1 aromatic carbocycles. The Kier molecular flexibility index (Phi) is 9.51. The lowest BCUT2D eigenvalue weighted by molar-refractivity contribution is 0.102. The predicted molar refractivity (Wildman–Crippen MR) is 119 cm³/mol. The van der Waals surface area contributed by atoms with Gasteiger partial charge in [-0.1, -0.05) is 31.6 Å². The van der Waals surface area contributed by atoms with Crippen LogP contribution in [-0.2, 0) is 0 Å². The summed E-state index contributed by atoms with van der Waals surface area (Å²) < 4.78 is 0. The molecular weight excluding hydrogens is 348 g/mol. The average Bonchev–Trinajstić information content (AvgIpc) is 2.68. The highest BCUT2D eigenvalue weighted by atomic mass is 16.2.